The summed E-state index contributed by atoms with van der Waals surface area (Å²) in [6.45, 7) is 7.97. The fourth-order valence-corrected chi connectivity index (χ4v) is 10.2. The van der Waals surface area contributed by atoms with Crippen LogP contribution in [0, 0.1) is 16.7 Å². The Morgan fingerprint density at radius 3 is 1.95 bits per heavy atom. The first kappa shape index (κ1) is 44.3. The maximum absolute atomic E-state index is 15.5. The maximum atomic E-state index is 15.5. The number of ketones is 1. The van der Waals surface area contributed by atoms with E-state index in [0.29, 0.717) is 5.56 Å². The van der Waals surface area contributed by atoms with E-state index in [1.165, 1.54) is 26.0 Å². The number of rotatable bonds is 10. The molecule has 0 aromatic heterocycles. The molecule has 2 bridgehead atoms. The number of hydrogen-bond donors (Lipinski definition) is 4. The van der Waals surface area contributed by atoms with Gasteiger partial charge in [0.05, 0.1) is 35.6 Å². The second-order valence-corrected chi connectivity index (χ2v) is 17.4. The van der Waals surface area contributed by atoms with Gasteiger partial charge < -0.3 is 44.3 Å². The predicted molar refractivity (Wildman–Crippen MR) is 218 cm³/mol. The lowest BCUT2D eigenvalue weighted by Crippen LogP contribution is -2.82. The lowest BCUT2D eigenvalue weighted by molar-refractivity contribution is -0.346. The summed E-state index contributed by atoms with van der Waals surface area (Å²) in [5.74, 6) is -6.84. The van der Waals surface area contributed by atoms with E-state index >= 15 is 4.79 Å². The molecule has 1 heterocycles. The monoisotopic (exact) mass is 853 g/mol. The number of esters is 4. The van der Waals surface area contributed by atoms with Crippen molar-refractivity contribution in [2.24, 2.45) is 16.7 Å². The molecule has 15 heteroatoms. The molecule has 3 aliphatic carbocycles. The molecule has 3 aromatic carbocycles. The average molecular weight is 854 g/mol. The maximum Gasteiger partial charge on any atom is 0.338 e. The number of aliphatic hydroxyl groups is 3. The molecular formula is C47H51NO14. The Balaban J connectivity index is 1.39. The van der Waals surface area contributed by atoms with Crippen LogP contribution in [0.25, 0.3) is 0 Å². The van der Waals surface area contributed by atoms with Crippen LogP contribution in [0.4, 0.5) is 0 Å². The van der Waals surface area contributed by atoms with Gasteiger partial charge in [0.15, 0.2) is 23.6 Å². The number of ether oxygens (including phenoxy) is 5. The van der Waals surface area contributed by atoms with E-state index in [-0.39, 0.29) is 35.3 Å². The summed E-state index contributed by atoms with van der Waals surface area (Å²) < 4.78 is 30.3. The average Bonchev–Trinajstić information content (AvgIpc) is 3.24. The summed E-state index contributed by atoms with van der Waals surface area (Å²) in [4.78, 5) is 83.5. The second kappa shape index (κ2) is 16.5. The molecule has 328 valence electrons. The Hall–Kier alpha value is -5.74. The molecule has 3 aromatic rings. The fourth-order valence-electron chi connectivity index (χ4n) is 10.2. The zero-order chi connectivity index (χ0) is 44.9. The highest BCUT2D eigenvalue weighted by Gasteiger charge is 2.78. The van der Waals surface area contributed by atoms with Crippen molar-refractivity contribution in [2.45, 2.75) is 108 Å². The first-order valence-electron chi connectivity index (χ1n) is 20.5. The van der Waals surface area contributed by atoms with Gasteiger partial charge in [0.2, 0.25) is 0 Å². The van der Waals surface area contributed by atoms with Gasteiger partial charge in [-0.3, -0.25) is 19.2 Å². The number of Topliss-reactive ketones (excluding diaryl/α,β-unsaturated/α-hetero) is 1. The number of carbonyl (C=O) groups is 6. The Kier molecular flexibility index (Phi) is 11.8. The lowest BCUT2D eigenvalue weighted by atomic mass is 9.44. The largest absolute Gasteiger partial charge is 0.456 e. The van der Waals surface area contributed by atoms with E-state index in [1.807, 2.05) is 0 Å². The van der Waals surface area contributed by atoms with Crippen LogP contribution in [0.5, 0.6) is 0 Å². The Morgan fingerprint density at radius 2 is 1.40 bits per heavy atom. The zero-order valence-corrected chi connectivity index (χ0v) is 35.2. The zero-order valence-electron chi connectivity index (χ0n) is 35.2. The van der Waals surface area contributed by atoms with Gasteiger partial charge >= 0.3 is 23.9 Å². The molecule has 1 saturated heterocycles. The van der Waals surface area contributed by atoms with Crippen LogP contribution in [0.1, 0.15) is 86.7 Å². The van der Waals surface area contributed by atoms with Crippen molar-refractivity contribution in [3.8, 4) is 0 Å². The first-order chi connectivity index (χ1) is 29.3. The van der Waals surface area contributed by atoms with Crippen molar-refractivity contribution in [3.05, 3.63) is 119 Å². The molecule has 1 aliphatic heterocycles. The highest BCUT2D eigenvalue weighted by Crippen LogP contribution is 2.64. The van der Waals surface area contributed by atoms with Gasteiger partial charge in [0, 0.05) is 37.7 Å². The van der Waals surface area contributed by atoms with Crippen LogP contribution >= 0.6 is 0 Å². The Labute approximate surface area is 358 Å². The minimum atomic E-state index is -2.39. The van der Waals surface area contributed by atoms with E-state index in [9.17, 15) is 39.3 Å². The molecule has 1 amide bonds. The number of hydrogen-bond acceptors (Lipinski definition) is 14. The van der Waals surface area contributed by atoms with Crippen LogP contribution in [0.15, 0.2) is 102 Å². The number of nitrogens with one attached hydrogen (secondary N) is 1. The minimum absolute atomic E-state index is 0.00289. The Bertz CT molecular complexity index is 2280. The van der Waals surface area contributed by atoms with Crippen LogP contribution in [0.2, 0.25) is 0 Å². The highest BCUT2D eigenvalue weighted by molar-refractivity contribution is 5.96. The van der Waals surface area contributed by atoms with Crippen LogP contribution < -0.4 is 5.32 Å². The summed E-state index contributed by atoms with van der Waals surface area (Å²) in [6.07, 6.45) is -10.5. The van der Waals surface area contributed by atoms with Crippen molar-refractivity contribution in [2.75, 3.05) is 6.61 Å². The number of aliphatic hydroxyl groups excluding tert-OH is 2. The third-order valence-corrected chi connectivity index (χ3v) is 13.5. The van der Waals surface area contributed by atoms with Gasteiger partial charge in [0.25, 0.3) is 5.91 Å². The van der Waals surface area contributed by atoms with E-state index in [2.05, 4.69) is 5.32 Å². The first-order valence-corrected chi connectivity index (χ1v) is 20.5. The summed E-state index contributed by atoms with van der Waals surface area (Å²) in [5, 5.41) is 40.2. The molecule has 3 fully saturated rings. The molecule has 15 nitrogen and oxygen atoms in total. The molecule has 0 unspecified atom stereocenters. The fraction of sp³-hybridized carbons (Fsp3) is 0.447. The lowest BCUT2D eigenvalue weighted by Gasteiger charge is -2.67. The van der Waals surface area contributed by atoms with Crippen LogP contribution in [-0.4, -0.2) is 105 Å². The van der Waals surface area contributed by atoms with Gasteiger partial charge in [0.1, 0.15) is 23.9 Å². The standard InChI is InChI=1S/C47H51NO14/c1-25-31(60-43(56)36(52)35(28-16-10-7-11-17-28)48-41(54)29-18-12-8-13-19-29)23-47(57)40(61-42(55)30-20-14-9-15-21-30)38-45(6,32(51)22-33-46(38,24-58-33)62-27(3)50)39(53)37(59-26(2)49)34(25)44(47,4)5/h7-21,31-33,35-38,40,51-52,57H,22-24H2,1-6H3,(H,48,54)/t31-,32-,33+,35-,36+,37+,38+,40-,45-,46-,47-/m0/s1. The van der Waals surface area contributed by atoms with Gasteiger partial charge in [-0.05, 0) is 54.8 Å². The minimum Gasteiger partial charge on any atom is -0.456 e. The smallest absolute Gasteiger partial charge is 0.338 e. The van der Waals surface area contributed by atoms with Gasteiger partial charge in [-0.15, -0.1) is 0 Å². The molecular weight excluding hydrogens is 803 g/mol. The van der Waals surface area contributed by atoms with Crippen LogP contribution in [-0.2, 0) is 42.9 Å². The predicted octanol–water partition coefficient (Wildman–Crippen LogP) is 3.74. The molecule has 0 spiro atoms. The molecule has 2 saturated carbocycles. The molecule has 62 heavy (non-hydrogen) atoms. The van der Waals surface area contributed by atoms with Crippen molar-refractivity contribution in [1.82, 2.24) is 5.32 Å². The second-order valence-electron chi connectivity index (χ2n) is 17.4. The quantitative estimate of drug-likeness (QED) is 0.130. The molecule has 4 N–H and O–H groups in total. The summed E-state index contributed by atoms with van der Waals surface area (Å²) >= 11 is 0. The number of fused-ring (bicyclic) bond motifs is 5. The molecule has 11 atom stereocenters. The normalized spacial score (nSPS) is 31.9. The highest BCUT2D eigenvalue weighted by atomic mass is 16.6. The van der Waals surface area contributed by atoms with Crippen molar-refractivity contribution in [1.29, 1.82) is 0 Å². The topological polar surface area (TPSA) is 221 Å². The molecule has 4 aliphatic rings. The van der Waals surface area contributed by atoms with Gasteiger partial charge in [-0.2, -0.15) is 0 Å². The SMILES string of the molecule is CC(=O)O[C@H]1C(=O)[C@@]2(C)[C@@H](O)C[C@H]3OC[C@@]3(OC(C)=O)[C@@H]2[C@H](OC(=O)c2ccccc2)[C@@]2(O)C[C@H](OC(=O)[C@H](O)[C@@H](NC(=O)c3ccccc3)c3ccccc3)C(C)=C1C2(C)C. The van der Waals surface area contributed by atoms with Gasteiger partial charge in [-0.1, -0.05) is 80.6 Å². The molecule has 7 rings (SSSR count). The summed E-state index contributed by atoms with van der Waals surface area (Å²) in [6, 6.07) is 22.9. The molecule has 0 radical (unpaired) electrons. The Morgan fingerprint density at radius 1 is 0.823 bits per heavy atom. The number of benzene rings is 3. The van der Waals surface area contributed by atoms with E-state index < -0.39 is 113 Å². The van der Waals surface area contributed by atoms with Crippen molar-refractivity contribution >= 4 is 35.6 Å². The third kappa shape index (κ3) is 7.29. The van der Waals surface area contributed by atoms with Crippen molar-refractivity contribution in [3.63, 3.8) is 0 Å². The van der Waals surface area contributed by atoms with Crippen molar-refractivity contribution < 1.29 is 67.8 Å². The summed E-state index contributed by atoms with van der Waals surface area (Å²) in [5.41, 5.74) is -7.02. The van der Waals surface area contributed by atoms with Crippen LogP contribution in [0.3, 0.4) is 0 Å². The van der Waals surface area contributed by atoms with Gasteiger partial charge in [-0.25, -0.2) is 9.59 Å². The number of amides is 1. The van der Waals surface area contributed by atoms with E-state index in [0.717, 1.165) is 13.8 Å². The van der Waals surface area contributed by atoms with E-state index in [1.54, 1.807) is 92.7 Å². The third-order valence-electron chi connectivity index (χ3n) is 13.5. The van der Waals surface area contributed by atoms with E-state index in [4.69, 9.17) is 23.7 Å². The number of carbonyl (C=O) groups excluding carboxylic acids is 6. The summed E-state index contributed by atoms with van der Waals surface area (Å²) in [7, 11) is 0.